The Kier molecular flexibility index (Phi) is 7.62. The standard InChI is InChI=1S/C21H35N5/c1-2-22-21(23-12-16-25-13-7-4-8-14-25)24-17-19-11-15-26(18-19)20-9-5-3-6-10-20/h3,5-6,9-10,19H,2,4,7-8,11-18H2,1H3,(H2,22,23,24). The summed E-state index contributed by atoms with van der Waals surface area (Å²) in [6.45, 7) is 10.8. The first kappa shape index (κ1) is 19.0. The molecular formula is C21H35N5. The molecule has 0 amide bonds. The summed E-state index contributed by atoms with van der Waals surface area (Å²) >= 11 is 0. The van der Waals surface area contributed by atoms with E-state index in [1.807, 2.05) is 0 Å². The van der Waals surface area contributed by atoms with Gasteiger partial charge in [-0.2, -0.15) is 0 Å². The largest absolute Gasteiger partial charge is 0.371 e. The van der Waals surface area contributed by atoms with Crippen LogP contribution in [0.4, 0.5) is 5.69 Å². The fraction of sp³-hybridized carbons (Fsp3) is 0.667. The van der Waals surface area contributed by atoms with Gasteiger partial charge in [-0.05, 0) is 57.3 Å². The molecule has 0 aromatic heterocycles. The van der Waals surface area contributed by atoms with Crippen LogP contribution >= 0.6 is 0 Å². The van der Waals surface area contributed by atoms with Crippen molar-refractivity contribution in [3.63, 3.8) is 0 Å². The van der Waals surface area contributed by atoms with Gasteiger partial charge in [-0.3, -0.25) is 4.99 Å². The second-order valence-corrected chi connectivity index (χ2v) is 7.48. The number of nitrogens with zero attached hydrogens (tertiary/aromatic N) is 3. The Bertz CT molecular complexity index is 539. The lowest BCUT2D eigenvalue weighted by molar-refractivity contribution is 0.232. The van der Waals surface area contributed by atoms with Crippen LogP contribution in [0.1, 0.15) is 32.6 Å². The zero-order valence-corrected chi connectivity index (χ0v) is 16.3. The molecule has 3 rings (SSSR count). The van der Waals surface area contributed by atoms with Crippen molar-refractivity contribution in [3.05, 3.63) is 30.3 Å². The molecule has 0 bridgehead atoms. The summed E-state index contributed by atoms with van der Waals surface area (Å²) in [7, 11) is 0. The summed E-state index contributed by atoms with van der Waals surface area (Å²) in [5.41, 5.74) is 1.34. The molecule has 0 aliphatic carbocycles. The third kappa shape index (κ3) is 5.90. The molecule has 2 aliphatic heterocycles. The molecule has 1 atom stereocenters. The minimum absolute atomic E-state index is 0.646. The van der Waals surface area contributed by atoms with Gasteiger partial charge in [0, 0.05) is 45.0 Å². The average molecular weight is 358 g/mol. The zero-order valence-electron chi connectivity index (χ0n) is 16.3. The second-order valence-electron chi connectivity index (χ2n) is 7.48. The summed E-state index contributed by atoms with van der Waals surface area (Å²) in [4.78, 5) is 9.90. The maximum atomic E-state index is 4.86. The first-order valence-corrected chi connectivity index (χ1v) is 10.4. The highest BCUT2D eigenvalue weighted by atomic mass is 15.2. The van der Waals surface area contributed by atoms with Crippen LogP contribution in [0.2, 0.25) is 0 Å². The topological polar surface area (TPSA) is 42.9 Å². The van der Waals surface area contributed by atoms with E-state index in [0.717, 1.165) is 45.2 Å². The molecule has 5 nitrogen and oxygen atoms in total. The Morgan fingerprint density at radius 3 is 2.65 bits per heavy atom. The van der Waals surface area contributed by atoms with E-state index in [1.165, 1.54) is 44.5 Å². The lowest BCUT2D eigenvalue weighted by Gasteiger charge is -2.26. The molecular weight excluding hydrogens is 322 g/mol. The number of guanidine groups is 1. The van der Waals surface area contributed by atoms with Gasteiger partial charge in [-0.15, -0.1) is 0 Å². The van der Waals surface area contributed by atoms with Crippen LogP contribution in [-0.4, -0.2) is 63.2 Å². The van der Waals surface area contributed by atoms with Gasteiger partial charge in [0.2, 0.25) is 0 Å². The van der Waals surface area contributed by atoms with Crippen LogP contribution in [0.15, 0.2) is 35.3 Å². The number of hydrogen-bond acceptors (Lipinski definition) is 3. The molecule has 5 heteroatoms. The minimum Gasteiger partial charge on any atom is -0.371 e. The predicted octanol–water partition coefficient (Wildman–Crippen LogP) is 2.55. The van der Waals surface area contributed by atoms with E-state index in [9.17, 15) is 0 Å². The van der Waals surface area contributed by atoms with Gasteiger partial charge in [-0.1, -0.05) is 24.6 Å². The maximum absolute atomic E-state index is 4.86. The summed E-state index contributed by atoms with van der Waals surface area (Å²) in [6.07, 6.45) is 5.34. The molecule has 144 valence electrons. The summed E-state index contributed by atoms with van der Waals surface area (Å²) in [5.74, 6) is 1.62. The number of aliphatic imine (C=N–C) groups is 1. The third-order valence-corrected chi connectivity index (χ3v) is 5.43. The highest BCUT2D eigenvalue weighted by Crippen LogP contribution is 2.23. The second kappa shape index (κ2) is 10.4. The van der Waals surface area contributed by atoms with Gasteiger partial charge < -0.3 is 20.4 Å². The Hall–Kier alpha value is -1.75. The molecule has 1 aromatic rings. The molecule has 2 aliphatic rings. The Labute approximate surface area is 158 Å². The van der Waals surface area contributed by atoms with Gasteiger partial charge in [0.1, 0.15) is 0 Å². The molecule has 0 spiro atoms. The van der Waals surface area contributed by atoms with E-state index in [-0.39, 0.29) is 0 Å². The fourth-order valence-corrected chi connectivity index (χ4v) is 3.93. The SMILES string of the molecule is CCNC(=NCC1CCN(c2ccccc2)C1)NCCN1CCCCC1. The molecule has 1 aromatic carbocycles. The summed E-state index contributed by atoms with van der Waals surface area (Å²) in [6, 6.07) is 10.7. The number of likely N-dealkylation sites (tertiary alicyclic amines) is 1. The predicted molar refractivity (Wildman–Crippen MR) is 111 cm³/mol. The first-order chi connectivity index (χ1) is 12.8. The van der Waals surface area contributed by atoms with E-state index in [4.69, 9.17) is 4.99 Å². The van der Waals surface area contributed by atoms with Gasteiger partial charge in [0.15, 0.2) is 5.96 Å². The maximum Gasteiger partial charge on any atom is 0.191 e. The highest BCUT2D eigenvalue weighted by Gasteiger charge is 2.22. The van der Waals surface area contributed by atoms with E-state index in [2.05, 4.69) is 57.7 Å². The zero-order chi connectivity index (χ0) is 18.0. The molecule has 2 saturated heterocycles. The number of hydrogen-bond donors (Lipinski definition) is 2. The van der Waals surface area contributed by atoms with E-state index in [0.29, 0.717) is 5.92 Å². The molecule has 26 heavy (non-hydrogen) atoms. The van der Waals surface area contributed by atoms with Crippen LogP contribution in [0.25, 0.3) is 0 Å². The van der Waals surface area contributed by atoms with E-state index < -0.39 is 0 Å². The minimum atomic E-state index is 0.646. The number of benzene rings is 1. The first-order valence-electron chi connectivity index (χ1n) is 10.4. The molecule has 2 heterocycles. The quantitative estimate of drug-likeness (QED) is 0.581. The lowest BCUT2D eigenvalue weighted by atomic mass is 10.1. The van der Waals surface area contributed by atoms with Crippen LogP contribution in [0.5, 0.6) is 0 Å². The number of rotatable bonds is 7. The number of para-hydroxylation sites is 1. The smallest absolute Gasteiger partial charge is 0.191 e. The molecule has 2 N–H and O–H groups in total. The van der Waals surface area contributed by atoms with Gasteiger partial charge >= 0.3 is 0 Å². The van der Waals surface area contributed by atoms with E-state index in [1.54, 1.807) is 0 Å². The van der Waals surface area contributed by atoms with Crippen molar-refractivity contribution >= 4 is 11.6 Å². The number of anilines is 1. The summed E-state index contributed by atoms with van der Waals surface area (Å²) < 4.78 is 0. The lowest BCUT2D eigenvalue weighted by Crippen LogP contribution is -2.43. The van der Waals surface area contributed by atoms with Crippen LogP contribution < -0.4 is 15.5 Å². The van der Waals surface area contributed by atoms with Crippen LogP contribution in [0.3, 0.4) is 0 Å². The van der Waals surface area contributed by atoms with Crippen LogP contribution in [-0.2, 0) is 0 Å². The highest BCUT2D eigenvalue weighted by molar-refractivity contribution is 5.79. The number of nitrogens with one attached hydrogen (secondary N) is 2. The Balaban J connectivity index is 1.42. The van der Waals surface area contributed by atoms with Gasteiger partial charge in [-0.25, -0.2) is 0 Å². The molecule has 0 radical (unpaired) electrons. The van der Waals surface area contributed by atoms with Crippen molar-refractivity contribution in [1.29, 1.82) is 0 Å². The van der Waals surface area contributed by atoms with Crippen molar-refractivity contribution in [2.24, 2.45) is 10.9 Å². The van der Waals surface area contributed by atoms with Gasteiger partial charge in [0.05, 0.1) is 0 Å². The van der Waals surface area contributed by atoms with Gasteiger partial charge in [0.25, 0.3) is 0 Å². The molecule has 1 unspecified atom stereocenters. The molecule has 2 fully saturated rings. The normalized spacial score (nSPS) is 21.8. The van der Waals surface area contributed by atoms with Crippen molar-refractivity contribution in [2.45, 2.75) is 32.6 Å². The van der Waals surface area contributed by atoms with Crippen molar-refractivity contribution < 1.29 is 0 Å². The Morgan fingerprint density at radius 2 is 1.88 bits per heavy atom. The Morgan fingerprint density at radius 1 is 1.08 bits per heavy atom. The van der Waals surface area contributed by atoms with Crippen molar-refractivity contribution in [1.82, 2.24) is 15.5 Å². The fourth-order valence-electron chi connectivity index (χ4n) is 3.93. The monoisotopic (exact) mass is 357 g/mol. The van der Waals surface area contributed by atoms with Crippen molar-refractivity contribution in [3.8, 4) is 0 Å². The third-order valence-electron chi connectivity index (χ3n) is 5.43. The number of piperidine rings is 1. The van der Waals surface area contributed by atoms with Crippen LogP contribution in [0, 0.1) is 5.92 Å². The van der Waals surface area contributed by atoms with Crippen molar-refractivity contribution in [2.75, 3.05) is 57.3 Å². The average Bonchev–Trinajstić information content (AvgIpc) is 3.17. The molecule has 0 saturated carbocycles. The summed E-state index contributed by atoms with van der Waals surface area (Å²) in [5, 5.41) is 6.91. The van der Waals surface area contributed by atoms with E-state index >= 15 is 0 Å².